The largest absolute Gasteiger partial charge is 0.356 e. The van der Waals surface area contributed by atoms with E-state index in [2.05, 4.69) is 40.8 Å². The maximum absolute atomic E-state index is 4.30. The van der Waals surface area contributed by atoms with Gasteiger partial charge in [0.1, 0.15) is 0 Å². The van der Waals surface area contributed by atoms with Crippen LogP contribution in [0.5, 0.6) is 0 Å². The zero-order valence-corrected chi connectivity index (χ0v) is 14.7. The third-order valence-electron chi connectivity index (χ3n) is 3.79. The third-order valence-corrected chi connectivity index (χ3v) is 3.79. The first kappa shape index (κ1) is 18.5. The van der Waals surface area contributed by atoms with E-state index < -0.39 is 0 Å². The monoisotopic (exact) mass is 307 g/mol. The summed E-state index contributed by atoms with van der Waals surface area (Å²) in [4.78, 5) is 4.30. The molecule has 0 spiro atoms. The van der Waals surface area contributed by atoms with Crippen LogP contribution < -0.4 is 10.6 Å². The summed E-state index contributed by atoms with van der Waals surface area (Å²) in [7, 11) is 3.79. The first-order valence-corrected chi connectivity index (χ1v) is 8.60. The fourth-order valence-electron chi connectivity index (χ4n) is 2.48. The molecule has 0 aliphatic heterocycles. The fraction of sp³-hybridized carbons (Fsp3) is 0.765. The average molecular weight is 307 g/mol. The molecule has 0 fully saturated rings. The van der Waals surface area contributed by atoms with E-state index in [4.69, 9.17) is 0 Å². The Kier molecular flexibility index (Phi) is 9.35. The van der Waals surface area contributed by atoms with Crippen molar-refractivity contribution in [3.8, 4) is 0 Å². The first-order chi connectivity index (χ1) is 10.7. The van der Waals surface area contributed by atoms with E-state index in [1.807, 2.05) is 25.0 Å². The molecule has 22 heavy (non-hydrogen) atoms. The van der Waals surface area contributed by atoms with Crippen LogP contribution in [0.4, 0.5) is 0 Å². The summed E-state index contributed by atoms with van der Waals surface area (Å²) in [5.74, 6) is 0.911. The highest BCUT2D eigenvalue weighted by atomic mass is 15.2. The Morgan fingerprint density at radius 2 is 2.14 bits per heavy atom. The predicted molar refractivity (Wildman–Crippen MR) is 94.2 cm³/mol. The molecule has 5 nitrogen and oxygen atoms in total. The number of guanidine groups is 1. The number of hydrogen-bond acceptors (Lipinski definition) is 2. The van der Waals surface area contributed by atoms with Gasteiger partial charge in [0.05, 0.1) is 6.20 Å². The van der Waals surface area contributed by atoms with E-state index in [1.165, 1.54) is 37.7 Å². The van der Waals surface area contributed by atoms with Gasteiger partial charge in [-0.25, -0.2) is 0 Å². The highest BCUT2D eigenvalue weighted by molar-refractivity contribution is 5.79. The van der Waals surface area contributed by atoms with Crippen LogP contribution in [0.2, 0.25) is 0 Å². The molecule has 1 aromatic rings. The quantitative estimate of drug-likeness (QED) is 0.397. The Labute approximate surface area is 135 Å². The second kappa shape index (κ2) is 11.1. The lowest BCUT2D eigenvalue weighted by Gasteiger charge is -2.17. The Balaban J connectivity index is 2.13. The molecule has 5 heteroatoms. The molecular formula is C17H33N5. The van der Waals surface area contributed by atoms with Gasteiger partial charge >= 0.3 is 0 Å². The highest BCUT2D eigenvalue weighted by Gasteiger charge is 2.04. The number of nitrogens with zero attached hydrogens (tertiary/aromatic N) is 3. The summed E-state index contributed by atoms with van der Waals surface area (Å²) in [5, 5.41) is 11.0. The van der Waals surface area contributed by atoms with Gasteiger partial charge in [0.2, 0.25) is 0 Å². The van der Waals surface area contributed by atoms with Crippen molar-refractivity contribution in [1.82, 2.24) is 20.4 Å². The first-order valence-electron chi connectivity index (χ1n) is 8.60. The summed E-state index contributed by atoms with van der Waals surface area (Å²) < 4.78 is 1.85. The molecule has 0 aliphatic carbocycles. The second-order valence-electron chi connectivity index (χ2n) is 6.02. The minimum absolute atomic E-state index is 0.473. The number of aliphatic imine (C=N–C) groups is 1. The fourth-order valence-corrected chi connectivity index (χ4v) is 2.48. The van der Waals surface area contributed by atoms with Gasteiger partial charge in [-0.1, -0.05) is 32.6 Å². The number of rotatable bonds is 10. The van der Waals surface area contributed by atoms with E-state index in [0.29, 0.717) is 6.04 Å². The summed E-state index contributed by atoms with van der Waals surface area (Å²) in [6, 6.07) is 0.473. The van der Waals surface area contributed by atoms with Crippen LogP contribution in [0.3, 0.4) is 0 Å². The molecule has 1 heterocycles. The van der Waals surface area contributed by atoms with E-state index in [1.54, 1.807) is 0 Å². The number of aryl methyl sites for hydroxylation is 2. The Morgan fingerprint density at radius 1 is 1.32 bits per heavy atom. The van der Waals surface area contributed by atoms with Crippen LogP contribution in [0.25, 0.3) is 0 Å². The predicted octanol–water partition coefficient (Wildman–Crippen LogP) is 2.88. The van der Waals surface area contributed by atoms with Crippen LogP contribution in [0, 0.1) is 0 Å². The minimum atomic E-state index is 0.473. The van der Waals surface area contributed by atoms with Crippen molar-refractivity contribution in [2.45, 2.75) is 64.8 Å². The lowest BCUT2D eigenvalue weighted by molar-refractivity contribution is 0.536. The van der Waals surface area contributed by atoms with Crippen LogP contribution in [-0.2, 0) is 13.5 Å². The number of unbranched alkanes of at least 4 members (excludes halogenated alkanes) is 3. The zero-order valence-electron chi connectivity index (χ0n) is 14.7. The summed E-state index contributed by atoms with van der Waals surface area (Å²) in [6.45, 7) is 5.41. The Bertz CT molecular complexity index is 424. The number of hydrogen-bond donors (Lipinski definition) is 2. The SMILES string of the molecule is CCCCCCC(C)NC(=NC)NCCCc1cnn(C)c1. The standard InChI is InChI=1S/C17H33N5/c1-5-6-7-8-10-15(2)21-17(18-3)19-12-9-11-16-13-20-22(4)14-16/h13-15H,5-12H2,1-4H3,(H2,18,19,21). The summed E-state index contributed by atoms with van der Waals surface area (Å²) >= 11 is 0. The van der Waals surface area contributed by atoms with E-state index >= 15 is 0 Å². The molecular weight excluding hydrogens is 274 g/mol. The van der Waals surface area contributed by atoms with Gasteiger partial charge in [-0.05, 0) is 31.7 Å². The van der Waals surface area contributed by atoms with Crippen molar-refractivity contribution in [2.75, 3.05) is 13.6 Å². The highest BCUT2D eigenvalue weighted by Crippen LogP contribution is 2.05. The Morgan fingerprint density at radius 3 is 2.77 bits per heavy atom. The normalized spacial score (nSPS) is 13.2. The molecule has 0 amide bonds. The topological polar surface area (TPSA) is 54.2 Å². The molecule has 2 N–H and O–H groups in total. The molecule has 1 aromatic heterocycles. The van der Waals surface area contributed by atoms with E-state index in [0.717, 1.165) is 25.3 Å². The molecule has 126 valence electrons. The van der Waals surface area contributed by atoms with Gasteiger partial charge in [0.25, 0.3) is 0 Å². The lowest BCUT2D eigenvalue weighted by atomic mass is 10.1. The third kappa shape index (κ3) is 8.05. The molecule has 1 rings (SSSR count). The zero-order chi connectivity index (χ0) is 16.2. The molecule has 0 aromatic carbocycles. The number of aromatic nitrogens is 2. The lowest BCUT2D eigenvalue weighted by Crippen LogP contribution is -2.42. The van der Waals surface area contributed by atoms with Crippen LogP contribution in [-0.4, -0.2) is 35.4 Å². The molecule has 0 radical (unpaired) electrons. The van der Waals surface area contributed by atoms with Gasteiger partial charge in [0.15, 0.2) is 5.96 Å². The van der Waals surface area contributed by atoms with Crippen LogP contribution >= 0.6 is 0 Å². The van der Waals surface area contributed by atoms with E-state index in [-0.39, 0.29) is 0 Å². The molecule has 0 aliphatic rings. The maximum Gasteiger partial charge on any atom is 0.191 e. The number of nitrogens with one attached hydrogen (secondary N) is 2. The summed E-state index contributed by atoms with van der Waals surface area (Å²) in [6.07, 6.45) is 12.6. The molecule has 0 saturated heterocycles. The molecule has 0 saturated carbocycles. The summed E-state index contributed by atoms with van der Waals surface area (Å²) in [5.41, 5.74) is 1.29. The molecule has 1 unspecified atom stereocenters. The second-order valence-corrected chi connectivity index (χ2v) is 6.02. The van der Waals surface area contributed by atoms with Crippen molar-refractivity contribution in [3.05, 3.63) is 18.0 Å². The van der Waals surface area contributed by atoms with Gasteiger partial charge in [0, 0.05) is 32.9 Å². The van der Waals surface area contributed by atoms with Crippen molar-refractivity contribution in [1.29, 1.82) is 0 Å². The Hall–Kier alpha value is -1.52. The van der Waals surface area contributed by atoms with Crippen molar-refractivity contribution in [3.63, 3.8) is 0 Å². The molecule has 1 atom stereocenters. The van der Waals surface area contributed by atoms with Crippen LogP contribution in [0.1, 0.15) is 57.9 Å². The van der Waals surface area contributed by atoms with Crippen molar-refractivity contribution < 1.29 is 0 Å². The van der Waals surface area contributed by atoms with Crippen molar-refractivity contribution in [2.24, 2.45) is 12.0 Å². The average Bonchev–Trinajstić information content (AvgIpc) is 2.92. The van der Waals surface area contributed by atoms with Gasteiger partial charge in [-0.3, -0.25) is 9.67 Å². The molecule has 0 bridgehead atoms. The van der Waals surface area contributed by atoms with Crippen molar-refractivity contribution >= 4 is 5.96 Å². The smallest absolute Gasteiger partial charge is 0.191 e. The maximum atomic E-state index is 4.30. The van der Waals surface area contributed by atoms with Gasteiger partial charge < -0.3 is 10.6 Å². The van der Waals surface area contributed by atoms with E-state index in [9.17, 15) is 0 Å². The van der Waals surface area contributed by atoms with Gasteiger partial charge in [-0.2, -0.15) is 5.10 Å². The van der Waals surface area contributed by atoms with Crippen LogP contribution in [0.15, 0.2) is 17.4 Å². The minimum Gasteiger partial charge on any atom is -0.356 e. The van der Waals surface area contributed by atoms with Gasteiger partial charge in [-0.15, -0.1) is 0 Å².